The summed E-state index contributed by atoms with van der Waals surface area (Å²) >= 11 is 0. The molecule has 0 aromatic carbocycles. The minimum absolute atomic E-state index is 0.278. The summed E-state index contributed by atoms with van der Waals surface area (Å²) in [6.45, 7) is 6.58. The molecule has 2 atom stereocenters. The average Bonchev–Trinajstić information content (AvgIpc) is 2.97. The quantitative estimate of drug-likeness (QED) is 0.780. The smallest absolute Gasteiger partial charge is 0.222 e. The van der Waals surface area contributed by atoms with Gasteiger partial charge in [0.2, 0.25) is 5.91 Å². The normalized spacial score (nSPS) is 28.5. The second kappa shape index (κ2) is 6.36. The molecule has 98 valence electrons. The van der Waals surface area contributed by atoms with Crippen molar-refractivity contribution in [2.24, 2.45) is 5.92 Å². The summed E-state index contributed by atoms with van der Waals surface area (Å²) in [6.07, 6.45) is 4.37. The van der Waals surface area contributed by atoms with E-state index in [4.69, 9.17) is 4.74 Å². The van der Waals surface area contributed by atoms with E-state index in [1.54, 1.807) is 0 Å². The molecule has 0 saturated carbocycles. The third-order valence-electron chi connectivity index (χ3n) is 3.81. The molecule has 2 heterocycles. The highest BCUT2D eigenvalue weighted by atomic mass is 16.5. The van der Waals surface area contributed by atoms with E-state index in [0.717, 1.165) is 52.0 Å². The number of carbonyl (C=O) groups excluding carboxylic acids is 1. The predicted octanol–water partition coefficient (Wildman–Crippen LogP) is 1.01. The van der Waals surface area contributed by atoms with E-state index in [9.17, 15) is 4.79 Å². The van der Waals surface area contributed by atoms with Gasteiger partial charge in [-0.1, -0.05) is 0 Å². The predicted molar refractivity (Wildman–Crippen MR) is 66.8 cm³/mol. The van der Waals surface area contributed by atoms with Crippen molar-refractivity contribution in [3.8, 4) is 0 Å². The Morgan fingerprint density at radius 2 is 2.35 bits per heavy atom. The van der Waals surface area contributed by atoms with E-state index in [0.29, 0.717) is 18.2 Å². The van der Waals surface area contributed by atoms with Gasteiger partial charge in [0.05, 0.1) is 6.10 Å². The minimum atomic E-state index is 0.278. The molecule has 2 saturated heterocycles. The zero-order valence-corrected chi connectivity index (χ0v) is 10.8. The van der Waals surface area contributed by atoms with Crippen LogP contribution in [0.3, 0.4) is 0 Å². The second-order valence-electron chi connectivity index (χ2n) is 5.13. The first-order valence-electron chi connectivity index (χ1n) is 6.89. The minimum Gasteiger partial charge on any atom is -0.376 e. The number of hydrogen-bond acceptors (Lipinski definition) is 3. The molecule has 2 aliphatic heterocycles. The molecule has 2 fully saturated rings. The summed E-state index contributed by atoms with van der Waals surface area (Å²) in [4.78, 5) is 14.1. The molecular weight excluding hydrogens is 216 g/mol. The van der Waals surface area contributed by atoms with Gasteiger partial charge >= 0.3 is 0 Å². The number of rotatable bonds is 5. The van der Waals surface area contributed by atoms with Crippen molar-refractivity contribution in [3.63, 3.8) is 0 Å². The molecular formula is C13H24N2O2. The Morgan fingerprint density at radius 1 is 1.47 bits per heavy atom. The highest BCUT2D eigenvalue weighted by Gasteiger charge is 2.24. The van der Waals surface area contributed by atoms with Gasteiger partial charge in [0.15, 0.2) is 0 Å². The van der Waals surface area contributed by atoms with Crippen LogP contribution in [0.1, 0.15) is 32.6 Å². The van der Waals surface area contributed by atoms with Crippen LogP contribution in [0, 0.1) is 5.92 Å². The van der Waals surface area contributed by atoms with Gasteiger partial charge < -0.3 is 15.0 Å². The maximum Gasteiger partial charge on any atom is 0.222 e. The van der Waals surface area contributed by atoms with Crippen molar-refractivity contribution in [1.82, 2.24) is 10.2 Å². The Morgan fingerprint density at radius 3 is 2.94 bits per heavy atom. The Kier molecular flexibility index (Phi) is 4.80. The van der Waals surface area contributed by atoms with Crippen molar-refractivity contribution < 1.29 is 9.53 Å². The third-order valence-corrected chi connectivity index (χ3v) is 3.81. The maximum atomic E-state index is 12.2. The lowest BCUT2D eigenvalue weighted by molar-refractivity contribution is -0.133. The van der Waals surface area contributed by atoms with Crippen LogP contribution in [0.15, 0.2) is 0 Å². The standard InChI is InChI=1S/C13H24N2O2/c1-2-15(10-12-4-3-7-17-12)13(16)8-11-5-6-14-9-11/h11-12,14H,2-10H2,1H3. The van der Waals surface area contributed by atoms with Crippen LogP contribution in [-0.2, 0) is 9.53 Å². The third kappa shape index (κ3) is 3.68. The number of nitrogens with zero attached hydrogens (tertiary/aromatic N) is 1. The molecule has 0 spiro atoms. The van der Waals surface area contributed by atoms with E-state index in [1.165, 1.54) is 0 Å². The highest BCUT2D eigenvalue weighted by Crippen LogP contribution is 2.17. The average molecular weight is 240 g/mol. The fourth-order valence-electron chi connectivity index (χ4n) is 2.71. The zero-order valence-electron chi connectivity index (χ0n) is 10.8. The molecule has 2 rings (SSSR count). The van der Waals surface area contributed by atoms with Gasteiger partial charge in [0.25, 0.3) is 0 Å². The number of carbonyl (C=O) groups is 1. The molecule has 1 amide bonds. The van der Waals surface area contributed by atoms with Gasteiger partial charge in [-0.05, 0) is 45.2 Å². The summed E-state index contributed by atoms with van der Waals surface area (Å²) in [5.41, 5.74) is 0. The van der Waals surface area contributed by atoms with Crippen molar-refractivity contribution in [3.05, 3.63) is 0 Å². The second-order valence-corrected chi connectivity index (χ2v) is 5.13. The molecule has 4 heteroatoms. The Hall–Kier alpha value is -0.610. The maximum absolute atomic E-state index is 12.2. The first-order valence-corrected chi connectivity index (χ1v) is 6.89. The SMILES string of the molecule is CCN(CC1CCCO1)C(=O)CC1CCNC1. The molecule has 0 aromatic heterocycles. The molecule has 17 heavy (non-hydrogen) atoms. The largest absolute Gasteiger partial charge is 0.376 e. The van der Waals surface area contributed by atoms with Crippen LogP contribution < -0.4 is 5.32 Å². The zero-order chi connectivity index (χ0) is 12.1. The van der Waals surface area contributed by atoms with Gasteiger partial charge in [0.1, 0.15) is 0 Å². The first-order chi connectivity index (χ1) is 8.29. The van der Waals surface area contributed by atoms with Crippen LogP contribution in [0.25, 0.3) is 0 Å². The molecule has 0 aromatic rings. The fourth-order valence-corrected chi connectivity index (χ4v) is 2.71. The van der Waals surface area contributed by atoms with Crippen LogP contribution in [0.2, 0.25) is 0 Å². The summed E-state index contributed by atoms with van der Waals surface area (Å²) in [6, 6.07) is 0. The lowest BCUT2D eigenvalue weighted by Crippen LogP contribution is -2.38. The lowest BCUT2D eigenvalue weighted by Gasteiger charge is -2.25. The Labute approximate surface area is 104 Å². The van der Waals surface area contributed by atoms with Crippen molar-refractivity contribution >= 4 is 5.91 Å². The van der Waals surface area contributed by atoms with Gasteiger partial charge in [0, 0.05) is 26.1 Å². The van der Waals surface area contributed by atoms with Crippen LogP contribution in [0.4, 0.5) is 0 Å². The van der Waals surface area contributed by atoms with Crippen LogP contribution >= 0.6 is 0 Å². The Balaban J connectivity index is 1.77. The molecule has 2 unspecified atom stereocenters. The van der Waals surface area contributed by atoms with Crippen molar-refractivity contribution in [2.45, 2.75) is 38.7 Å². The molecule has 0 aliphatic carbocycles. The molecule has 0 radical (unpaired) electrons. The van der Waals surface area contributed by atoms with Gasteiger partial charge in [-0.15, -0.1) is 0 Å². The van der Waals surface area contributed by atoms with Crippen LogP contribution in [-0.4, -0.2) is 49.7 Å². The molecule has 0 bridgehead atoms. The number of amides is 1. The monoisotopic (exact) mass is 240 g/mol. The van der Waals surface area contributed by atoms with E-state index >= 15 is 0 Å². The summed E-state index contributed by atoms with van der Waals surface area (Å²) in [5.74, 6) is 0.845. The topological polar surface area (TPSA) is 41.6 Å². The van der Waals surface area contributed by atoms with Gasteiger partial charge in [-0.2, -0.15) is 0 Å². The number of hydrogen-bond donors (Lipinski definition) is 1. The van der Waals surface area contributed by atoms with E-state index in [-0.39, 0.29) is 6.10 Å². The summed E-state index contributed by atoms with van der Waals surface area (Å²) < 4.78 is 5.60. The first kappa shape index (κ1) is 12.8. The lowest BCUT2D eigenvalue weighted by atomic mass is 10.0. The summed E-state index contributed by atoms with van der Waals surface area (Å²) in [5, 5.41) is 3.31. The van der Waals surface area contributed by atoms with E-state index in [1.807, 2.05) is 4.90 Å². The molecule has 2 aliphatic rings. The number of ether oxygens (including phenoxy) is 1. The number of nitrogens with one attached hydrogen (secondary N) is 1. The molecule has 1 N–H and O–H groups in total. The number of likely N-dealkylation sites (N-methyl/N-ethyl adjacent to an activating group) is 1. The fraction of sp³-hybridized carbons (Fsp3) is 0.923. The highest BCUT2D eigenvalue weighted by molar-refractivity contribution is 5.76. The van der Waals surface area contributed by atoms with Crippen molar-refractivity contribution in [2.75, 3.05) is 32.8 Å². The van der Waals surface area contributed by atoms with Gasteiger partial charge in [-0.3, -0.25) is 4.79 Å². The van der Waals surface area contributed by atoms with Crippen molar-refractivity contribution in [1.29, 1.82) is 0 Å². The van der Waals surface area contributed by atoms with Crippen LogP contribution in [0.5, 0.6) is 0 Å². The Bertz CT molecular complexity index is 246. The van der Waals surface area contributed by atoms with E-state index in [2.05, 4.69) is 12.2 Å². The summed E-state index contributed by atoms with van der Waals surface area (Å²) in [7, 11) is 0. The van der Waals surface area contributed by atoms with Gasteiger partial charge in [-0.25, -0.2) is 0 Å². The molecule has 4 nitrogen and oxygen atoms in total. The van der Waals surface area contributed by atoms with E-state index < -0.39 is 0 Å².